The third-order valence-corrected chi connectivity index (χ3v) is 3.41. The van der Waals surface area contributed by atoms with Crippen LogP contribution in [0.4, 0.5) is 0 Å². The van der Waals surface area contributed by atoms with Gasteiger partial charge in [-0.25, -0.2) is 9.97 Å². The molecule has 1 N–H and O–H groups in total. The maximum atomic E-state index is 5.60. The largest absolute Gasteiger partial charge is 0.463 e. The van der Waals surface area contributed by atoms with Gasteiger partial charge in [-0.2, -0.15) is 0 Å². The van der Waals surface area contributed by atoms with E-state index in [2.05, 4.69) is 29.1 Å². The lowest BCUT2D eigenvalue weighted by Gasteiger charge is -2.22. The summed E-state index contributed by atoms with van der Waals surface area (Å²) in [6.45, 7) is 12.8. The molecular formula is C16H29N3O2. The van der Waals surface area contributed by atoms with Crippen LogP contribution < -0.4 is 10.1 Å². The molecule has 0 aliphatic rings. The van der Waals surface area contributed by atoms with Gasteiger partial charge in [0.1, 0.15) is 0 Å². The van der Waals surface area contributed by atoms with Crippen molar-refractivity contribution in [3.63, 3.8) is 0 Å². The molecule has 1 heterocycles. The maximum Gasteiger partial charge on any atom is 0.316 e. The van der Waals surface area contributed by atoms with E-state index < -0.39 is 0 Å². The summed E-state index contributed by atoms with van der Waals surface area (Å²) in [5.74, 6) is 0.637. The molecule has 0 atom stereocenters. The van der Waals surface area contributed by atoms with Gasteiger partial charge in [0.25, 0.3) is 0 Å². The highest BCUT2D eigenvalue weighted by Gasteiger charge is 2.16. The number of aryl methyl sites for hydroxylation is 1. The van der Waals surface area contributed by atoms with Gasteiger partial charge in [0, 0.05) is 37.5 Å². The van der Waals surface area contributed by atoms with Gasteiger partial charge in [-0.1, -0.05) is 13.8 Å². The van der Waals surface area contributed by atoms with Crippen LogP contribution in [0, 0.1) is 12.8 Å². The number of aromatic nitrogens is 2. The van der Waals surface area contributed by atoms with Crippen LogP contribution in [-0.4, -0.2) is 35.8 Å². The smallest absolute Gasteiger partial charge is 0.316 e. The number of methoxy groups -OCH3 is 1. The molecule has 1 aromatic rings. The highest BCUT2D eigenvalue weighted by atomic mass is 16.5. The summed E-state index contributed by atoms with van der Waals surface area (Å²) < 4.78 is 11.0. The van der Waals surface area contributed by atoms with Crippen LogP contribution in [0.5, 0.6) is 6.01 Å². The quantitative estimate of drug-likeness (QED) is 0.759. The van der Waals surface area contributed by atoms with E-state index in [-0.39, 0.29) is 5.60 Å². The second-order valence-corrected chi connectivity index (χ2v) is 6.35. The molecule has 0 aromatic carbocycles. The molecule has 0 saturated heterocycles. The predicted molar refractivity (Wildman–Crippen MR) is 84.5 cm³/mol. The summed E-state index contributed by atoms with van der Waals surface area (Å²) in [7, 11) is 1.71. The number of nitrogens with zero attached hydrogens (tertiary/aromatic N) is 2. The van der Waals surface area contributed by atoms with Crippen LogP contribution in [0.2, 0.25) is 0 Å². The summed E-state index contributed by atoms with van der Waals surface area (Å²) >= 11 is 0. The fourth-order valence-electron chi connectivity index (χ4n) is 1.70. The molecule has 0 amide bonds. The van der Waals surface area contributed by atoms with Gasteiger partial charge < -0.3 is 14.8 Å². The van der Waals surface area contributed by atoms with Gasteiger partial charge in [-0.15, -0.1) is 0 Å². The Morgan fingerprint density at radius 2 is 2.05 bits per heavy atom. The van der Waals surface area contributed by atoms with E-state index in [4.69, 9.17) is 9.47 Å². The fraction of sp³-hybridized carbons (Fsp3) is 0.750. The topological polar surface area (TPSA) is 56.3 Å². The average molecular weight is 295 g/mol. The summed E-state index contributed by atoms with van der Waals surface area (Å²) in [5, 5.41) is 3.39. The molecule has 0 saturated carbocycles. The van der Waals surface area contributed by atoms with Crippen molar-refractivity contribution in [3.8, 4) is 6.01 Å². The third-order valence-electron chi connectivity index (χ3n) is 3.41. The van der Waals surface area contributed by atoms with Crippen molar-refractivity contribution in [1.29, 1.82) is 0 Å². The van der Waals surface area contributed by atoms with Crippen molar-refractivity contribution in [1.82, 2.24) is 15.3 Å². The second kappa shape index (κ2) is 8.29. The minimum absolute atomic E-state index is 0.185. The van der Waals surface area contributed by atoms with Gasteiger partial charge in [0.15, 0.2) is 0 Å². The Bertz CT molecular complexity index is 434. The van der Waals surface area contributed by atoms with Gasteiger partial charge in [-0.3, -0.25) is 0 Å². The number of ether oxygens (including phenoxy) is 2. The molecule has 0 unspecified atom stereocenters. The first-order valence-electron chi connectivity index (χ1n) is 7.55. The molecule has 1 rings (SSSR count). The van der Waals surface area contributed by atoms with E-state index in [1.165, 1.54) is 0 Å². The molecule has 0 radical (unpaired) electrons. The zero-order chi connectivity index (χ0) is 15.9. The molecule has 5 nitrogen and oxygen atoms in total. The number of hydrogen-bond acceptors (Lipinski definition) is 5. The fourth-order valence-corrected chi connectivity index (χ4v) is 1.70. The summed E-state index contributed by atoms with van der Waals surface area (Å²) in [4.78, 5) is 8.67. The van der Waals surface area contributed by atoms with Crippen molar-refractivity contribution >= 4 is 0 Å². The molecule has 1 aromatic heterocycles. The SMILES string of the molecule is COC(C)(C)CCOc1ncc(CNCC(C)C)c(C)n1. The maximum absolute atomic E-state index is 5.60. The molecule has 0 aliphatic carbocycles. The van der Waals surface area contributed by atoms with Crippen LogP contribution in [0.15, 0.2) is 6.20 Å². The van der Waals surface area contributed by atoms with Crippen LogP contribution in [0.25, 0.3) is 0 Å². The Hall–Kier alpha value is -1.20. The van der Waals surface area contributed by atoms with Crippen molar-refractivity contribution in [2.45, 2.75) is 53.2 Å². The third kappa shape index (κ3) is 6.87. The normalized spacial score (nSPS) is 12.0. The Morgan fingerprint density at radius 1 is 1.33 bits per heavy atom. The first-order valence-corrected chi connectivity index (χ1v) is 7.55. The summed E-state index contributed by atoms with van der Waals surface area (Å²) in [6.07, 6.45) is 2.63. The van der Waals surface area contributed by atoms with E-state index in [1.54, 1.807) is 7.11 Å². The molecule has 0 aliphatic heterocycles. The lowest BCUT2D eigenvalue weighted by atomic mass is 10.1. The second-order valence-electron chi connectivity index (χ2n) is 6.35. The Labute approximate surface area is 128 Å². The summed E-state index contributed by atoms with van der Waals surface area (Å²) in [5.41, 5.74) is 1.89. The van der Waals surface area contributed by atoms with Crippen molar-refractivity contribution in [3.05, 3.63) is 17.5 Å². The zero-order valence-electron chi connectivity index (χ0n) is 14.2. The Morgan fingerprint density at radius 3 is 2.62 bits per heavy atom. The Balaban J connectivity index is 2.46. The number of nitrogens with one attached hydrogen (secondary N) is 1. The molecule has 0 fully saturated rings. The minimum atomic E-state index is -0.185. The molecule has 120 valence electrons. The van der Waals surface area contributed by atoms with Gasteiger partial charge >= 0.3 is 6.01 Å². The van der Waals surface area contributed by atoms with Crippen LogP contribution in [-0.2, 0) is 11.3 Å². The van der Waals surface area contributed by atoms with Crippen LogP contribution >= 0.6 is 0 Å². The zero-order valence-corrected chi connectivity index (χ0v) is 14.2. The lowest BCUT2D eigenvalue weighted by molar-refractivity contribution is 0.00465. The van der Waals surface area contributed by atoms with Crippen molar-refractivity contribution in [2.75, 3.05) is 20.3 Å². The van der Waals surface area contributed by atoms with Crippen LogP contribution in [0.3, 0.4) is 0 Å². The molecule has 5 heteroatoms. The highest BCUT2D eigenvalue weighted by molar-refractivity contribution is 5.17. The van der Waals surface area contributed by atoms with E-state index in [1.807, 2.05) is 27.0 Å². The summed E-state index contributed by atoms with van der Waals surface area (Å²) in [6, 6.07) is 0.437. The van der Waals surface area contributed by atoms with Crippen LogP contribution in [0.1, 0.15) is 45.4 Å². The minimum Gasteiger partial charge on any atom is -0.463 e. The number of hydrogen-bond donors (Lipinski definition) is 1. The molecule has 21 heavy (non-hydrogen) atoms. The van der Waals surface area contributed by atoms with E-state index in [0.29, 0.717) is 18.5 Å². The van der Waals surface area contributed by atoms with E-state index in [0.717, 1.165) is 30.8 Å². The monoisotopic (exact) mass is 295 g/mol. The molecular weight excluding hydrogens is 266 g/mol. The predicted octanol–water partition coefficient (Wildman–Crippen LogP) is 2.72. The standard InChI is InChI=1S/C16H29N3O2/c1-12(2)9-17-10-14-11-18-15(19-13(14)3)21-8-7-16(4,5)20-6/h11-12,17H,7-10H2,1-6H3. The van der Waals surface area contributed by atoms with Gasteiger partial charge in [0.2, 0.25) is 0 Å². The Kier molecular flexibility index (Phi) is 7.05. The molecule has 0 spiro atoms. The van der Waals surface area contributed by atoms with Crippen molar-refractivity contribution in [2.24, 2.45) is 5.92 Å². The lowest BCUT2D eigenvalue weighted by Crippen LogP contribution is -2.25. The number of rotatable bonds is 9. The van der Waals surface area contributed by atoms with Gasteiger partial charge in [0.05, 0.1) is 12.2 Å². The molecule has 0 bridgehead atoms. The first-order chi connectivity index (χ1) is 9.84. The highest BCUT2D eigenvalue weighted by Crippen LogP contribution is 2.14. The average Bonchev–Trinajstić information content (AvgIpc) is 2.40. The first kappa shape index (κ1) is 17.9. The van der Waals surface area contributed by atoms with E-state index in [9.17, 15) is 0 Å². The van der Waals surface area contributed by atoms with Gasteiger partial charge in [-0.05, 0) is 33.2 Å². The van der Waals surface area contributed by atoms with E-state index >= 15 is 0 Å². The van der Waals surface area contributed by atoms with Crippen molar-refractivity contribution < 1.29 is 9.47 Å².